The molecule has 0 bridgehead atoms. The summed E-state index contributed by atoms with van der Waals surface area (Å²) in [6.45, 7) is 0.385. The van der Waals surface area contributed by atoms with Gasteiger partial charge in [0, 0.05) is 17.1 Å². The van der Waals surface area contributed by atoms with E-state index in [0.717, 1.165) is 4.47 Å². The molecule has 0 heterocycles. The van der Waals surface area contributed by atoms with Gasteiger partial charge in [0.2, 0.25) is 0 Å². The largest absolute Gasteiger partial charge is 0.508 e. The summed E-state index contributed by atoms with van der Waals surface area (Å²) in [5, 5.41) is 9.52. The fraction of sp³-hybridized carbons (Fsp3) is 0.333. The molecule has 1 rings (SSSR count). The van der Waals surface area contributed by atoms with Crippen molar-refractivity contribution in [2.45, 2.75) is 6.04 Å². The molecule has 1 aromatic carbocycles. The molecule has 3 N–H and O–H groups in total. The minimum atomic E-state index is -0.305. The third-order valence-electron chi connectivity index (χ3n) is 1.75. The van der Waals surface area contributed by atoms with Gasteiger partial charge in [0.05, 0.1) is 12.6 Å². The van der Waals surface area contributed by atoms with Crippen LogP contribution < -0.4 is 5.73 Å². The lowest BCUT2D eigenvalue weighted by atomic mass is 10.1. The predicted molar refractivity (Wildman–Crippen MR) is 54.6 cm³/mol. The SMILES string of the molecule is COCC(N)c1c(O)cccc1Br. The molecule has 0 aliphatic rings. The summed E-state index contributed by atoms with van der Waals surface area (Å²) in [4.78, 5) is 0. The summed E-state index contributed by atoms with van der Waals surface area (Å²) in [6.07, 6.45) is 0. The Morgan fingerprint density at radius 3 is 2.85 bits per heavy atom. The van der Waals surface area contributed by atoms with Crippen LogP contribution in [0.2, 0.25) is 0 Å². The predicted octanol–water partition coefficient (Wildman–Crippen LogP) is 1.80. The normalized spacial score (nSPS) is 12.8. The zero-order valence-electron chi connectivity index (χ0n) is 7.33. The Morgan fingerprint density at radius 1 is 1.62 bits per heavy atom. The second-order valence-electron chi connectivity index (χ2n) is 2.73. The maximum Gasteiger partial charge on any atom is 0.121 e. The zero-order chi connectivity index (χ0) is 9.84. The molecular weight excluding hydrogens is 234 g/mol. The maximum atomic E-state index is 9.52. The van der Waals surface area contributed by atoms with Crippen molar-refractivity contribution in [3.8, 4) is 5.75 Å². The van der Waals surface area contributed by atoms with Gasteiger partial charge < -0.3 is 15.6 Å². The highest BCUT2D eigenvalue weighted by atomic mass is 79.9. The number of halogens is 1. The monoisotopic (exact) mass is 245 g/mol. The van der Waals surface area contributed by atoms with E-state index >= 15 is 0 Å². The fourth-order valence-corrected chi connectivity index (χ4v) is 1.81. The zero-order valence-corrected chi connectivity index (χ0v) is 8.91. The van der Waals surface area contributed by atoms with Crippen molar-refractivity contribution in [2.24, 2.45) is 5.73 Å². The topological polar surface area (TPSA) is 55.5 Å². The number of methoxy groups -OCH3 is 1. The van der Waals surface area contributed by atoms with E-state index in [4.69, 9.17) is 10.5 Å². The third-order valence-corrected chi connectivity index (χ3v) is 2.44. The summed E-state index contributed by atoms with van der Waals surface area (Å²) in [6, 6.07) is 4.89. The summed E-state index contributed by atoms with van der Waals surface area (Å²) in [7, 11) is 1.58. The number of phenols is 1. The first kappa shape index (κ1) is 10.5. The fourth-order valence-electron chi connectivity index (χ4n) is 1.16. The lowest BCUT2D eigenvalue weighted by Gasteiger charge is -2.14. The van der Waals surface area contributed by atoms with Crippen LogP contribution in [0.3, 0.4) is 0 Å². The Kier molecular flexibility index (Phi) is 3.71. The number of benzene rings is 1. The molecule has 0 aromatic heterocycles. The van der Waals surface area contributed by atoms with Crippen LogP contribution >= 0.6 is 15.9 Å². The number of ether oxygens (including phenoxy) is 1. The molecular formula is C9H12BrNO2. The second kappa shape index (κ2) is 4.60. The van der Waals surface area contributed by atoms with E-state index in [0.29, 0.717) is 12.2 Å². The van der Waals surface area contributed by atoms with Gasteiger partial charge in [-0.3, -0.25) is 0 Å². The Hall–Kier alpha value is -0.580. The van der Waals surface area contributed by atoms with E-state index < -0.39 is 0 Å². The Bertz CT molecular complexity index is 271. The van der Waals surface area contributed by atoms with Crippen molar-refractivity contribution in [2.75, 3.05) is 13.7 Å². The smallest absolute Gasteiger partial charge is 0.121 e. The van der Waals surface area contributed by atoms with Gasteiger partial charge in [-0.15, -0.1) is 0 Å². The first-order chi connectivity index (χ1) is 6.16. The molecule has 72 valence electrons. The summed E-state index contributed by atoms with van der Waals surface area (Å²) in [5.74, 6) is 0.193. The highest BCUT2D eigenvalue weighted by molar-refractivity contribution is 9.10. The first-order valence-corrected chi connectivity index (χ1v) is 4.68. The Labute approximate surface area is 85.6 Å². The molecule has 0 radical (unpaired) electrons. The number of hydrogen-bond acceptors (Lipinski definition) is 3. The number of hydrogen-bond donors (Lipinski definition) is 2. The van der Waals surface area contributed by atoms with Crippen molar-refractivity contribution in [1.82, 2.24) is 0 Å². The molecule has 0 amide bonds. The first-order valence-electron chi connectivity index (χ1n) is 3.88. The van der Waals surface area contributed by atoms with Gasteiger partial charge in [0.1, 0.15) is 5.75 Å². The molecule has 0 fully saturated rings. The van der Waals surface area contributed by atoms with E-state index in [9.17, 15) is 5.11 Å². The number of aromatic hydroxyl groups is 1. The molecule has 3 nitrogen and oxygen atoms in total. The number of phenolic OH excluding ortho intramolecular Hbond substituents is 1. The summed E-state index contributed by atoms with van der Waals surface area (Å²) >= 11 is 3.32. The number of nitrogens with two attached hydrogens (primary N) is 1. The second-order valence-corrected chi connectivity index (χ2v) is 3.59. The van der Waals surface area contributed by atoms with Crippen LogP contribution in [-0.4, -0.2) is 18.8 Å². The van der Waals surface area contributed by atoms with Crippen LogP contribution in [0.25, 0.3) is 0 Å². The van der Waals surface area contributed by atoms with E-state index in [1.54, 1.807) is 19.2 Å². The van der Waals surface area contributed by atoms with Crippen LogP contribution in [0.15, 0.2) is 22.7 Å². The molecule has 1 atom stereocenters. The van der Waals surface area contributed by atoms with Crippen molar-refractivity contribution < 1.29 is 9.84 Å². The lowest BCUT2D eigenvalue weighted by Crippen LogP contribution is -2.16. The summed E-state index contributed by atoms with van der Waals surface area (Å²) < 4.78 is 5.71. The van der Waals surface area contributed by atoms with Crippen LogP contribution in [-0.2, 0) is 4.74 Å². The average molecular weight is 246 g/mol. The van der Waals surface area contributed by atoms with Gasteiger partial charge in [0.25, 0.3) is 0 Å². The van der Waals surface area contributed by atoms with E-state index in [-0.39, 0.29) is 11.8 Å². The molecule has 1 aromatic rings. The summed E-state index contributed by atoms with van der Waals surface area (Å²) in [5.41, 5.74) is 6.48. The molecule has 4 heteroatoms. The van der Waals surface area contributed by atoms with Crippen LogP contribution in [0.1, 0.15) is 11.6 Å². The minimum absolute atomic E-state index is 0.193. The van der Waals surface area contributed by atoms with E-state index in [2.05, 4.69) is 15.9 Å². The van der Waals surface area contributed by atoms with Crippen molar-refractivity contribution in [3.63, 3.8) is 0 Å². The minimum Gasteiger partial charge on any atom is -0.508 e. The van der Waals surface area contributed by atoms with Gasteiger partial charge in [-0.1, -0.05) is 22.0 Å². The maximum absolute atomic E-state index is 9.52. The Balaban J connectivity index is 2.98. The van der Waals surface area contributed by atoms with Crippen LogP contribution in [0.4, 0.5) is 0 Å². The van der Waals surface area contributed by atoms with Gasteiger partial charge in [-0.05, 0) is 12.1 Å². The molecule has 0 spiro atoms. The van der Waals surface area contributed by atoms with Gasteiger partial charge in [0.15, 0.2) is 0 Å². The van der Waals surface area contributed by atoms with E-state index in [1.807, 2.05) is 6.07 Å². The molecule has 0 aliphatic carbocycles. The van der Waals surface area contributed by atoms with Gasteiger partial charge >= 0.3 is 0 Å². The molecule has 0 saturated heterocycles. The van der Waals surface area contributed by atoms with Crippen LogP contribution in [0.5, 0.6) is 5.75 Å². The highest BCUT2D eigenvalue weighted by Gasteiger charge is 2.13. The standard InChI is InChI=1S/C9H12BrNO2/c1-13-5-7(11)9-6(10)3-2-4-8(9)12/h2-4,7,12H,5,11H2,1H3. The van der Waals surface area contributed by atoms with Crippen molar-refractivity contribution in [3.05, 3.63) is 28.2 Å². The van der Waals surface area contributed by atoms with Crippen molar-refractivity contribution in [1.29, 1.82) is 0 Å². The third kappa shape index (κ3) is 2.43. The quantitative estimate of drug-likeness (QED) is 0.854. The molecule has 1 unspecified atom stereocenters. The molecule has 13 heavy (non-hydrogen) atoms. The molecule has 0 aliphatic heterocycles. The van der Waals surface area contributed by atoms with Crippen molar-refractivity contribution >= 4 is 15.9 Å². The van der Waals surface area contributed by atoms with E-state index in [1.165, 1.54) is 0 Å². The number of rotatable bonds is 3. The average Bonchev–Trinajstić information content (AvgIpc) is 2.04. The Morgan fingerprint density at radius 2 is 2.31 bits per heavy atom. The van der Waals surface area contributed by atoms with Gasteiger partial charge in [-0.2, -0.15) is 0 Å². The highest BCUT2D eigenvalue weighted by Crippen LogP contribution is 2.30. The van der Waals surface area contributed by atoms with Gasteiger partial charge in [-0.25, -0.2) is 0 Å². The lowest BCUT2D eigenvalue weighted by molar-refractivity contribution is 0.179. The molecule has 0 saturated carbocycles. The van der Waals surface area contributed by atoms with Crippen LogP contribution in [0, 0.1) is 0 Å².